The fraction of sp³-hybridized carbons (Fsp3) is 0.714. The minimum Gasteiger partial charge on any atom is -0.367 e. The first-order valence-electron chi connectivity index (χ1n) is 7.17. The summed E-state index contributed by atoms with van der Waals surface area (Å²) in [4.78, 5) is 8.95. The molecule has 1 heterocycles. The number of nitrogens with one attached hydrogen (secondary N) is 2. The number of rotatable bonds is 7. The van der Waals surface area contributed by atoms with Gasteiger partial charge in [0.1, 0.15) is 17.5 Å². The van der Waals surface area contributed by atoms with Gasteiger partial charge in [0, 0.05) is 18.0 Å². The Hall–Kier alpha value is -1.36. The molecule has 5 heteroatoms. The van der Waals surface area contributed by atoms with E-state index in [1.807, 2.05) is 13.8 Å². The molecule has 0 saturated heterocycles. The van der Waals surface area contributed by atoms with Crippen molar-refractivity contribution in [3.8, 4) is 0 Å². The quantitative estimate of drug-likeness (QED) is 0.522. The highest BCUT2D eigenvalue weighted by Gasteiger charge is 2.16. The molecular formula is C14H27N5. The second-order valence-corrected chi connectivity index (χ2v) is 4.97. The van der Waals surface area contributed by atoms with Crippen molar-refractivity contribution in [2.45, 2.75) is 59.9 Å². The van der Waals surface area contributed by atoms with Crippen LogP contribution in [0.25, 0.3) is 0 Å². The molecule has 0 spiro atoms. The summed E-state index contributed by atoms with van der Waals surface area (Å²) in [7, 11) is 0. The highest BCUT2D eigenvalue weighted by atomic mass is 15.3. The summed E-state index contributed by atoms with van der Waals surface area (Å²) in [5.74, 6) is 8.56. The summed E-state index contributed by atoms with van der Waals surface area (Å²) in [5, 5.41) is 3.51. The number of aromatic nitrogens is 2. The lowest BCUT2D eigenvalue weighted by molar-refractivity contribution is 0.437. The summed E-state index contributed by atoms with van der Waals surface area (Å²) in [5.41, 5.74) is 3.62. The van der Waals surface area contributed by atoms with Crippen molar-refractivity contribution in [3.63, 3.8) is 0 Å². The molecule has 19 heavy (non-hydrogen) atoms. The number of hydrogen-bond donors (Lipinski definition) is 3. The van der Waals surface area contributed by atoms with E-state index >= 15 is 0 Å². The van der Waals surface area contributed by atoms with Crippen molar-refractivity contribution in [1.29, 1.82) is 0 Å². The van der Waals surface area contributed by atoms with Crippen LogP contribution in [0.5, 0.6) is 0 Å². The molecule has 0 saturated carbocycles. The first-order valence-corrected chi connectivity index (χ1v) is 7.17. The van der Waals surface area contributed by atoms with Crippen LogP contribution >= 0.6 is 0 Å². The van der Waals surface area contributed by atoms with Crippen LogP contribution in [0.15, 0.2) is 0 Å². The number of hydrazine groups is 1. The average Bonchev–Trinajstić information content (AvgIpc) is 2.42. The van der Waals surface area contributed by atoms with E-state index in [-0.39, 0.29) is 0 Å². The molecule has 0 aliphatic rings. The topological polar surface area (TPSA) is 75.9 Å². The van der Waals surface area contributed by atoms with E-state index in [0.717, 1.165) is 36.5 Å². The summed E-state index contributed by atoms with van der Waals surface area (Å²) in [6.07, 6.45) is 3.12. The summed E-state index contributed by atoms with van der Waals surface area (Å²) in [6.45, 7) is 10.7. The molecule has 0 fully saturated rings. The van der Waals surface area contributed by atoms with Gasteiger partial charge in [0.15, 0.2) is 0 Å². The van der Waals surface area contributed by atoms with Crippen LogP contribution in [0.2, 0.25) is 0 Å². The second kappa shape index (κ2) is 7.28. The highest BCUT2D eigenvalue weighted by molar-refractivity contribution is 5.57. The Morgan fingerprint density at radius 2 is 1.68 bits per heavy atom. The minimum atomic E-state index is 0.388. The highest BCUT2D eigenvalue weighted by Crippen LogP contribution is 2.23. The van der Waals surface area contributed by atoms with Gasteiger partial charge in [-0.25, -0.2) is 15.8 Å². The van der Waals surface area contributed by atoms with Crippen molar-refractivity contribution in [2.24, 2.45) is 11.8 Å². The number of nitrogens with two attached hydrogens (primary N) is 1. The lowest BCUT2D eigenvalue weighted by atomic mass is 9.95. The van der Waals surface area contributed by atoms with E-state index in [4.69, 9.17) is 5.84 Å². The van der Waals surface area contributed by atoms with Crippen molar-refractivity contribution >= 4 is 11.6 Å². The monoisotopic (exact) mass is 265 g/mol. The maximum atomic E-state index is 5.52. The van der Waals surface area contributed by atoms with E-state index in [0.29, 0.717) is 17.8 Å². The average molecular weight is 265 g/mol. The molecule has 1 unspecified atom stereocenters. The van der Waals surface area contributed by atoms with Crippen LogP contribution in [0.1, 0.15) is 51.9 Å². The lowest BCUT2D eigenvalue weighted by Crippen LogP contribution is -2.27. The zero-order chi connectivity index (χ0) is 14.4. The molecule has 1 rings (SSSR count). The van der Waals surface area contributed by atoms with E-state index < -0.39 is 0 Å². The maximum Gasteiger partial charge on any atom is 0.148 e. The number of hydrogen-bond acceptors (Lipinski definition) is 5. The summed E-state index contributed by atoms with van der Waals surface area (Å²) >= 11 is 0. The predicted molar refractivity (Wildman–Crippen MR) is 81.1 cm³/mol. The summed E-state index contributed by atoms with van der Waals surface area (Å²) in [6, 6.07) is 0.388. The largest absolute Gasteiger partial charge is 0.367 e. The molecule has 0 aliphatic carbocycles. The van der Waals surface area contributed by atoms with E-state index in [2.05, 4.69) is 41.5 Å². The Kier molecular flexibility index (Phi) is 6.02. The maximum absolute atomic E-state index is 5.52. The van der Waals surface area contributed by atoms with Crippen molar-refractivity contribution in [2.75, 3.05) is 10.7 Å². The fourth-order valence-corrected chi connectivity index (χ4v) is 2.33. The Balaban J connectivity index is 2.99. The van der Waals surface area contributed by atoms with Gasteiger partial charge in [-0.1, -0.05) is 33.6 Å². The van der Waals surface area contributed by atoms with Crippen LogP contribution in [-0.2, 0) is 6.42 Å². The fourth-order valence-electron chi connectivity index (χ4n) is 2.33. The minimum absolute atomic E-state index is 0.388. The lowest BCUT2D eigenvalue weighted by Gasteiger charge is -2.24. The van der Waals surface area contributed by atoms with Crippen molar-refractivity contribution in [3.05, 3.63) is 11.4 Å². The molecule has 0 radical (unpaired) electrons. The molecular weight excluding hydrogens is 238 g/mol. The Morgan fingerprint density at radius 3 is 2.16 bits per heavy atom. The zero-order valence-corrected chi connectivity index (χ0v) is 12.7. The van der Waals surface area contributed by atoms with Crippen LogP contribution in [-0.4, -0.2) is 16.0 Å². The third kappa shape index (κ3) is 3.80. The number of aryl methyl sites for hydroxylation is 1. The third-order valence-corrected chi connectivity index (χ3v) is 3.77. The van der Waals surface area contributed by atoms with Gasteiger partial charge in [0.05, 0.1) is 0 Å². The molecule has 0 aliphatic heterocycles. The molecule has 0 aromatic carbocycles. The van der Waals surface area contributed by atoms with E-state index in [9.17, 15) is 0 Å². The van der Waals surface area contributed by atoms with Gasteiger partial charge in [0.2, 0.25) is 0 Å². The molecule has 1 aromatic heterocycles. The third-order valence-electron chi connectivity index (χ3n) is 3.77. The number of nitrogen functional groups attached to an aromatic ring is 1. The van der Waals surface area contributed by atoms with Gasteiger partial charge in [-0.05, 0) is 19.8 Å². The van der Waals surface area contributed by atoms with Crippen LogP contribution in [0.4, 0.5) is 11.6 Å². The van der Waals surface area contributed by atoms with Gasteiger partial charge in [-0.15, -0.1) is 0 Å². The predicted octanol–water partition coefficient (Wildman–Crippen LogP) is 2.87. The smallest absolute Gasteiger partial charge is 0.148 e. The first kappa shape index (κ1) is 15.7. The van der Waals surface area contributed by atoms with E-state index in [1.165, 1.54) is 0 Å². The molecule has 0 bridgehead atoms. The molecule has 108 valence electrons. The number of anilines is 2. The zero-order valence-electron chi connectivity index (χ0n) is 12.7. The molecule has 1 atom stereocenters. The van der Waals surface area contributed by atoms with Crippen molar-refractivity contribution < 1.29 is 0 Å². The molecule has 0 amide bonds. The standard InChI is InChI=1S/C14H27N5/c1-6-11(7-2)10(5)16-13-9(4)14(19-15)18-12(8-3)17-13/h10-11H,6-8,15H2,1-5H3,(H2,16,17,18,19). The Morgan fingerprint density at radius 1 is 1.11 bits per heavy atom. The van der Waals surface area contributed by atoms with Gasteiger partial charge in [0.25, 0.3) is 0 Å². The van der Waals surface area contributed by atoms with Gasteiger partial charge in [-0.2, -0.15) is 0 Å². The summed E-state index contributed by atoms with van der Waals surface area (Å²) < 4.78 is 0. The Labute approximate surface area is 116 Å². The van der Waals surface area contributed by atoms with Crippen LogP contribution in [0.3, 0.4) is 0 Å². The normalized spacial score (nSPS) is 12.6. The molecule has 5 nitrogen and oxygen atoms in total. The molecule has 4 N–H and O–H groups in total. The van der Waals surface area contributed by atoms with Gasteiger partial charge in [-0.3, -0.25) is 0 Å². The van der Waals surface area contributed by atoms with Gasteiger partial charge >= 0.3 is 0 Å². The van der Waals surface area contributed by atoms with Crippen LogP contribution in [0, 0.1) is 12.8 Å². The van der Waals surface area contributed by atoms with E-state index in [1.54, 1.807) is 0 Å². The van der Waals surface area contributed by atoms with Gasteiger partial charge < -0.3 is 10.7 Å². The Bertz CT molecular complexity index is 401. The van der Waals surface area contributed by atoms with Crippen molar-refractivity contribution in [1.82, 2.24) is 9.97 Å². The first-order chi connectivity index (χ1) is 9.07. The second-order valence-electron chi connectivity index (χ2n) is 4.97. The molecule has 1 aromatic rings. The number of nitrogens with zero attached hydrogens (tertiary/aromatic N) is 2. The van der Waals surface area contributed by atoms with Crippen LogP contribution < -0.4 is 16.6 Å². The SMILES string of the molecule is CCc1nc(NN)c(C)c(NC(C)C(CC)CC)n1.